The molecule has 7 nitrogen and oxygen atoms in total. The van der Waals surface area contributed by atoms with Gasteiger partial charge in [-0.1, -0.05) is 19.1 Å². The van der Waals surface area contributed by atoms with Gasteiger partial charge >= 0.3 is 0 Å². The van der Waals surface area contributed by atoms with E-state index in [1.165, 1.54) is 25.3 Å². The Kier molecular flexibility index (Phi) is 5.85. The number of benzene rings is 2. The lowest BCUT2D eigenvalue weighted by molar-refractivity contribution is -0.385. The lowest BCUT2D eigenvalue weighted by Crippen LogP contribution is -2.36. The summed E-state index contributed by atoms with van der Waals surface area (Å²) in [5, 5.41) is 11.4. The highest BCUT2D eigenvalue weighted by Crippen LogP contribution is 2.37. The maximum Gasteiger partial charge on any atom is 0.273 e. The molecule has 0 unspecified atom stereocenters. The van der Waals surface area contributed by atoms with E-state index < -0.39 is 4.92 Å². The molecular weight excluding hydrogens is 368 g/mol. The number of hydrogen-bond acceptors (Lipinski definition) is 6. The number of carbonyl (C=O) groups excluding carboxylic acids is 1. The van der Waals surface area contributed by atoms with Crippen LogP contribution in [0.5, 0.6) is 11.5 Å². The summed E-state index contributed by atoms with van der Waals surface area (Å²) < 4.78 is 10.8. The fraction of sp³-hybridized carbons (Fsp3) is 0.316. The van der Waals surface area contributed by atoms with Gasteiger partial charge in [0.15, 0.2) is 18.1 Å². The van der Waals surface area contributed by atoms with Crippen LogP contribution in [0, 0.1) is 10.1 Å². The topological polar surface area (TPSA) is 81.9 Å². The van der Waals surface area contributed by atoms with Crippen LogP contribution in [0.2, 0.25) is 0 Å². The third kappa shape index (κ3) is 4.33. The summed E-state index contributed by atoms with van der Waals surface area (Å²) in [6.07, 6.45) is 0.866. The summed E-state index contributed by atoms with van der Waals surface area (Å²) in [6.45, 7) is 2.50. The van der Waals surface area contributed by atoms with Crippen molar-refractivity contribution in [1.82, 2.24) is 0 Å². The van der Waals surface area contributed by atoms with Gasteiger partial charge in [0, 0.05) is 22.8 Å². The van der Waals surface area contributed by atoms with Gasteiger partial charge in [0.25, 0.3) is 11.6 Å². The molecule has 8 heteroatoms. The molecule has 1 aliphatic heterocycles. The van der Waals surface area contributed by atoms with Crippen LogP contribution in [0.25, 0.3) is 0 Å². The minimum Gasteiger partial charge on any atom is -0.493 e. The van der Waals surface area contributed by atoms with E-state index in [4.69, 9.17) is 9.47 Å². The molecular formula is C19H20N2O5S. The van der Waals surface area contributed by atoms with E-state index in [1.54, 1.807) is 16.7 Å². The van der Waals surface area contributed by atoms with Crippen molar-refractivity contribution in [2.75, 3.05) is 25.2 Å². The first-order valence-corrected chi connectivity index (χ1v) is 9.39. The lowest BCUT2D eigenvalue weighted by atomic mass is 10.2. The van der Waals surface area contributed by atoms with E-state index in [-0.39, 0.29) is 24.0 Å². The summed E-state index contributed by atoms with van der Waals surface area (Å²) in [7, 11) is 1.44. The fourth-order valence-electron chi connectivity index (χ4n) is 2.86. The Hall–Kier alpha value is -2.74. The summed E-state index contributed by atoms with van der Waals surface area (Å²) in [5.74, 6) is 0.311. The van der Waals surface area contributed by atoms with E-state index in [1.807, 2.05) is 24.3 Å². The zero-order chi connectivity index (χ0) is 19.4. The molecule has 1 atom stereocenters. The van der Waals surface area contributed by atoms with Gasteiger partial charge in [-0.2, -0.15) is 0 Å². The molecule has 0 bridgehead atoms. The van der Waals surface area contributed by atoms with Gasteiger partial charge < -0.3 is 14.4 Å². The molecule has 1 amide bonds. The van der Waals surface area contributed by atoms with Crippen LogP contribution in [-0.4, -0.2) is 36.3 Å². The number of non-ortho nitro benzene ring substituents is 1. The van der Waals surface area contributed by atoms with Gasteiger partial charge in [-0.05, 0) is 24.6 Å². The van der Waals surface area contributed by atoms with Crippen molar-refractivity contribution in [3.8, 4) is 11.5 Å². The van der Waals surface area contributed by atoms with Crippen molar-refractivity contribution in [3.05, 3.63) is 52.6 Å². The molecule has 1 heterocycles. The maximum atomic E-state index is 12.8. The van der Waals surface area contributed by atoms with E-state index in [0.717, 1.165) is 17.0 Å². The molecule has 0 N–H and O–H groups in total. The number of hydrogen-bond donors (Lipinski definition) is 0. The summed E-state index contributed by atoms with van der Waals surface area (Å²) in [6, 6.07) is 11.8. The van der Waals surface area contributed by atoms with Crippen LogP contribution in [0.1, 0.15) is 13.3 Å². The average Bonchev–Trinajstić information content (AvgIpc) is 2.84. The molecule has 0 aromatic heterocycles. The molecule has 0 aliphatic carbocycles. The van der Waals surface area contributed by atoms with Crippen molar-refractivity contribution >= 4 is 29.0 Å². The van der Waals surface area contributed by atoms with Gasteiger partial charge in [0.1, 0.15) is 0 Å². The monoisotopic (exact) mass is 388 g/mol. The molecule has 1 aliphatic rings. The van der Waals surface area contributed by atoms with Gasteiger partial charge in [0.05, 0.1) is 23.8 Å². The number of ether oxygens (including phenoxy) is 2. The van der Waals surface area contributed by atoms with E-state index in [0.29, 0.717) is 17.5 Å². The Bertz CT molecular complexity index is 858. The van der Waals surface area contributed by atoms with Crippen molar-refractivity contribution in [2.45, 2.75) is 23.5 Å². The second-order valence-corrected chi connectivity index (χ2v) is 7.59. The maximum absolute atomic E-state index is 12.8. The van der Waals surface area contributed by atoms with Crippen molar-refractivity contribution in [2.24, 2.45) is 0 Å². The number of anilines is 1. The molecule has 3 rings (SSSR count). The number of nitrogens with zero attached hydrogens (tertiary/aromatic N) is 2. The third-order valence-corrected chi connectivity index (χ3v) is 5.49. The van der Waals surface area contributed by atoms with Gasteiger partial charge in [0.2, 0.25) is 0 Å². The van der Waals surface area contributed by atoms with Crippen molar-refractivity contribution in [1.29, 1.82) is 0 Å². The number of rotatable bonds is 5. The molecule has 27 heavy (non-hydrogen) atoms. The number of methoxy groups -OCH3 is 1. The normalized spacial score (nSPS) is 16.2. The van der Waals surface area contributed by atoms with E-state index in [2.05, 4.69) is 6.92 Å². The number of nitro groups is 1. The first-order chi connectivity index (χ1) is 13.0. The average molecular weight is 388 g/mol. The summed E-state index contributed by atoms with van der Waals surface area (Å²) in [5.41, 5.74) is 0.745. The molecule has 0 spiro atoms. The Labute approximate surface area is 161 Å². The summed E-state index contributed by atoms with van der Waals surface area (Å²) in [4.78, 5) is 26.1. The Balaban J connectivity index is 1.78. The quantitative estimate of drug-likeness (QED) is 0.571. The van der Waals surface area contributed by atoms with Crippen molar-refractivity contribution in [3.63, 3.8) is 0 Å². The van der Waals surface area contributed by atoms with Crippen LogP contribution in [0.3, 0.4) is 0 Å². The predicted octanol–water partition coefficient (Wildman–Crippen LogP) is 3.90. The molecule has 2 aromatic rings. The van der Waals surface area contributed by atoms with Crippen LogP contribution in [-0.2, 0) is 4.79 Å². The number of para-hydroxylation sites is 1. The molecule has 0 saturated heterocycles. The van der Waals surface area contributed by atoms with E-state index in [9.17, 15) is 14.9 Å². The minimum atomic E-state index is -0.516. The standard InChI is InChI=1S/C19H20N2O5S/c1-13-9-10-20(15-5-3-4-6-18(15)27-13)19(22)12-26-17-11-14(21(23)24)7-8-16(17)25-2/h3-8,11,13H,9-10,12H2,1-2H3/t13-/m0/s1. The Morgan fingerprint density at radius 3 is 2.81 bits per heavy atom. The van der Waals surface area contributed by atoms with Gasteiger partial charge in [-0.3, -0.25) is 14.9 Å². The number of amides is 1. The molecule has 142 valence electrons. The fourth-order valence-corrected chi connectivity index (χ4v) is 3.97. The zero-order valence-electron chi connectivity index (χ0n) is 15.1. The zero-order valence-corrected chi connectivity index (χ0v) is 15.9. The highest BCUT2D eigenvalue weighted by Gasteiger charge is 2.25. The second kappa shape index (κ2) is 8.30. The Morgan fingerprint density at radius 1 is 1.30 bits per heavy atom. The number of thioether (sulfide) groups is 1. The predicted molar refractivity (Wildman–Crippen MR) is 104 cm³/mol. The largest absolute Gasteiger partial charge is 0.493 e. The minimum absolute atomic E-state index is 0.122. The highest BCUT2D eigenvalue weighted by molar-refractivity contribution is 8.00. The first kappa shape index (κ1) is 19.0. The van der Waals surface area contributed by atoms with E-state index >= 15 is 0 Å². The molecule has 2 aromatic carbocycles. The van der Waals surface area contributed by atoms with Crippen LogP contribution in [0.15, 0.2) is 47.4 Å². The second-order valence-electron chi connectivity index (χ2n) is 6.11. The van der Waals surface area contributed by atoms with Crippen LogP contribution >= 0.6 is 11.8 Å². The Morgan fingerprint density at radius 2 is 2.07 bits per heavy atom. The summed E-state index contributed by atoms with van der Waals surface area (Å²) >= 11 is 1.75. The smallest absolute Gasteiger partial charge is 0.273 e. The highest BCUT2D eigenvalue weighted by atomic mass is 32.2. The lowest BCUT2D eigenvalue weighted by Gasteiger charge is -2.22. The molecule has 0 radical (unpaired) electrons. The van der Waals surface area contributed by atoms with Crippen LogP contribution in [0.4, 0.5) is 11.4 Å². The van der Waals surface area contributed by atoms with Gasteiger partial charge in [-0.25, -0.2) is 0 Å². The van der Waals surface area contributed by atoms with Gasteiger partial charge in [-0.15, -0.1) is 11.8 Å². The third-order valence-electron chi connectivity index (χ3n) is 4.25. The molecule has 0 saturated carbocycles. The number of fused-ring (bicyclic) bond motifs is 1. The SMILES string of the molecule is COc1ccc([N+](=O)[O-])cc1OCC(=O)N1CC[C@H](C)Sc2ccccc21. The van der Waals surface area contributed by atoms with Crippen molar-refractivity contribution < 1.29 is 19.2 Å². The molecule has 0 fully saturated rings. The number of nitro benzene ring substituents is 1. The van der Waals surface area contributed by atoms with Crippen LogP contribution < -0.4 is 14.4 Å². The first-order valence-electron chi connectivity index (χ1n) is 8.51. The number of carbonyl (C=O) groups is 1.